The van der Waals surface area contributed by atoms with Crippen LogP contribution in [0, 0.1) is 5.92 Å². The Labute approximate surface area is 131 Å². The van der Waals surface area contributed by atoms with Gasteiger partial charge in [-0.25, -0.2) is 0 Å². The summed E-state index contributed by atoms with van der Waals surface area (Å²) in [6.07, 6.45) is 7.78. The normalized spacial score (nSPS) is 23.2. The number of halogens is 1. The highest BCUT2D eigenvalue weighted by atomic mass is 79.9. The lowest BCUT2D eigenvalue weighted by molar-refractivity contribution is 0.283. The lowest BCUT2D eigenvalue weighted by atomic mass is 9.84. The van der Waals surface area contributed by atoms with Gasteiger partial charge in [0.15, 0.2) is 0 Å². The molecule has 0 unspecified atom stereocenters. The molecule has 4 heteroatoms. The average Bonchev–Trinajstić information content (AvgIpc) is 2.81. The predicted molar refractivity (Wildman–Crippen MR) is 87.9 cm³/mol. The molecular weight excluding hydrogens is 314 g/mol. The Balaban J connectivity index is 1.92. The maximum atomic E-state index is 4.67. The molecule has 1 aromatic heterocycles. The zero-order valence-corrected chi connectivity index (χ0v) is 14.7. The van der Waals surface area contributed by atoms with Crippen LogP contribution in [-0.4, -0.2) is 15.8 Å². The lowest BCUT2D eigenvalue weighted by Gasteiger charge is -2.28. The molecule has 2 rings (SSSR count). The van der Waals surface area contributed by atoms with Crippen LogP contribution in [0.3, 0.4) is 0 Å². The van der Waals surface area contributed by atoms with Crippen LogP contribution in [0.2, 0.25) is 0 Å². The predicted octanol–water partition coefficient (Wildman–Crippen LogP) is 4.29. The quantitative estimate of drug-likeness (QED) is 0.836. The largest absolute Gasteiger partial charge is 0.308 e. The highest BCUT2D eigenvalue weighted by Crippen LogP contribution is 2.27. The number of hydrogen-bond donors (Lipinski definition) is 1. The van der Waals surface area contributed by atoms with Crippen LogP contribution in [-0.2, 0) is 19.5 Å². The van der Waals surface area contributed by atoms with Crippen molar-refractivity contribution in [3.05, 3.63) is 15.9 Å². The van der Waals surface area contributed by atoms with Gasteiger partial charge in [0.05, 0.1) is 15.9 Å². The molecule has 0 amide bonds. The molecule has 0 radical (unpaired) electrons. The molecule has 1 N–H and O–H groups in total. The van der Waals surface area contributed by atoms with Crippen LogP contribution in [0.5, 0.6) is 0 Å². The smallest absolute Gasteiger partial charge is 0.0767 e. The van der Waals surface area contributed by atoms with Crippen molar-refractivity contribution >= 4 is 15.9 Å². The maximum Gasteiger partial charge on any atom is 0.0767 e. The fourth-order valence-electron chi connectivity index (χ4n) is 3.20. The van der Waals surface area contributed by atoms with Crippen molar-refractivity contribution in [2.75, 3.05) is 0 Å². The minimum absolute atomic E-state index is 0.690. The number of rotatable bonds is 6. The lowest BCUT2D eigenvalue weighted by Crippen LogP contribution is -2.33. The number of aryl methyl sites for hydroxylation is 2. The van der Waals surface area contributed by atoms with Crippen LogP contribution in [0.4, 0.5) is 0 Å². The molecule has 0 aromatic carbocycles. The number of hydrogen-bond acceptors (Lipinski definition) is 2. The topological polar surface area (TPSA) is 29.9 Å². The van der Waals surface area contributed by atoms with E-state index in [0.29, 0.717) is 6.04 Å². The summed E-state index contributed by atoms with van der Waals surface area (Å²) < 4.78 is 3.34. The van der Waals surface area contributed by atoms with E-state index in [2.05, 4.69) is 51.8 Å². The first-order valence-electron chi connectivity index (χ1n) is 8.16. The van der Waals surface area contributed by atoms with Crippen molar-refractivity contribution in [2.45, 2.75) is 78.4 Å². The van der Waals surface area contributed by atoms with Gasteiger partial charge in [-0.2, -0.15) is 5.10 Å². The first kappa shape index (κ1) is 16.0. The molecule has 1 heterocycles. The third kappa shape index (κ3) is 3.64. The number of nitrogens with zero attached hydrogens (tertiary/aromatic N) is 2. The second-order valence-electron chi connectivity index (χ2n) is 5.88. The van der Waals surface area contributed by atoms with Gasteiger partial charge in [-0.05, 0) is 60.9 Å². The van der Waals surface area contributed by atoms with Gasteiger partial charge in [-0.15, -0.1) is 0 Å². The summed E-state index contributed by atoms with van der Waals surface area (Å²) in [5.74, 6) is 0.965. The number of aromatic nitrogens is 2. The second kappa shape index (κ2) is 7.60. The van der Waals surface area contributed by atoms with Crippen LogP contribution < -0.4 is 5.32 Å². The molecule has 1 aliphatic carbocycles. The van der Waals surface area contributed by atoms with Gasteiger partial charge in [0.25, 0.3) is 0 Å². The fraction of sp³-hybridized carbons (Fsp3) is 0.812. The Morgan fingerprint density at radius 2 is 1.90 bits per heavy atom. The average molecular weight is 342 g/mol. The summed E-state index contributed by atoms with van der Waals surface area (Å²) in [7, 11) is 0. The monoisotopic (exact) mass is 341 g/mol. The van der Waals surface area contributed by atoms with Gasteiger partial charge in [0, 0.05) is 19.1 Å². The van der Waals surface area contributed by atoms with Crippen LogP contribution in [0.25, 0.3) is 0 Å². The van der Waals surface area contributed by atoms with Gasteiger partial charge >= 0.3 is 0 Å². The minimum Gasteiger partial charge on any atom is -0.308 e. The third-order valence-electron chi connectivity index (χ3n) is 4.68. The molecule has 0 aliphatic heterocycles. The van der Waals surface area contributed by atoms with E-state index in [1.165, 1.54) is 48.0 Å². The Kier molecular flexibility index (Phi) is 6.09. The van der Waals surface area contributed by atoms with Crippen molar-refractivity contribution in [1.82, 2.24) is 15.1 Å². The van der Waals surface area contributed by atoms with E-state index in [1.807, 2.05) is 0 Å². The summed E-state index contributed by atoms with van der Waals surface area (Å²) in [6.45, 7) is 8.52. The molecule has 0 bridgehead atoms. The zero-order chi connectivity index (χ0) is 14.5. The van der Waals surface area contributed by atoms with Crippen LogP contribution >= 0.6 is 15.9 Å². The van der Waals surface area contributed by atoms with Crippen LogP contribution in [0.15, 0.2) is 4.47 Å². The summed E-state index contributed by atoms with van der Waals surface area (Å²) in [4.78, 5) is 0. The van der Waals surface area contributed by atoms with Crippen molar-refractivity contribution in [3.63, 3.8) is 0 Å². The standard InChI is InChI=1S/C16H28BrN3/c1-4-12-7-9-13(10-8-12)18-11-15-16(17)14(5-2)19-20(15)6-3/h12-13,18H,4-11H2,1-3H3. The summed E-state index contributed by atoms with van der Waals surface area (Å²) in [5, 5.41) is 8.41. The van der Waals surface area contributed by atoms with Crippen molar-refractivity contribution in [1.29, 1.82) is 0 Å². The summed E-state index contributed by atoms with van der Waals surface area (Å²) in [6, 6.07) is 0.690. The Morgan fingerprint density at radius 3 is 2.45 bits per heavy atom. The number of nitrogens with one attached hydrogen (secondary N) is 1. The van der Waals surface area contributed by atoms with E-state index >= 15 is 0 Å². The van der Waals surface area contributed by atoms with E-state index in [1.54, 1.807) is 0 Å². The first-order chi connectivity index (χ1) is 9.69. The highest BCUT2D eigenvalue weighted by molar-refractivity contribution is 9.10. The second-order valence-corrected chi connectivity index (χ2v) is 6.68. The van der Waals surface area contributed by atoms with Crippen molar-refractivity contribution in [2.24, 2.45) is 5.92 Å². The van der Waals surface area contributed by atoms with E-state index < -0.39 is 0 Å². The molecule has 1 fully saturated rings. The van der Waals surface area contributed by atoms with E-state index in [-0.39, 0.29) is 0 Å². The molecule has 0 saturated heterocycles. The van der Waals surface area contributed by atoms with Gasteiger partial charge in [-0.1, -0.05) is 20.3 Å². The van der Waals surface area contributed by atoms with Crippen molar-refractivity contribution in [3.8, 4) is 0 Å². The Bertz CT molecular complexity index is 420. The molecule has 3 nitrogen and oxygen atoms in total. The minimum atomic E-state index is 0.690. The van der Waals surface area contributed by atoms with E-state index in [0.717, 1.165) is 25.4 Å². The summed E-state index contributed by atoms with van der Waals surface area (Å²) in [5.41, 5.74) is 2.49. The first-order valence-corrected chi connectivity index (χ1v) is 8.96. The van der Waals surface area contributed by atoms with E-state index in [9.17, 15) is 0 Å². The molecule has 20 heavy (non-hydrogen) atoms. The molecule has 114 valence electrons. The van der Waals surface area contributed by atoms with Crippen molar-refractivity contribution < 1.29 is 0 Å². The zero-order valence-electron chi connectivity index (χ0n) is 13.1. The third-order valence-corrected chi connectivity index (χ3v) is 5.59. The Hall–Kier alpha value is -0.350. The van der Waals surface area contributed by atoms with Gasteiger partial charge in [-0.3, -0.25) is 4.68 Å². The molecule has 0 atom stereocenters. The molecule has 1 aliphatic rings. The molecule has 1 aromatic rings. The van der Waals surface area contributed by atoms with Gasteiger partial charge in [0.2, 0.25) is 0 Å². The van der Waals surface area contributed by atoms with Crippen LogP contribution in [0.1, 0.15) is 64.3 Å². The SMILES string of the molecule is CCc1nn(CC)c(CNC2CCC(CC)CC2)c1Br. The van der Waals surface area contributed by atoms with E-state index in [4.69, 9.17) is 0 Å². The molecular formula is C16H28BrN3. The highest BCUT2D eigenvalue weighted by Gasteiger charge is 2.21. The van der Waals surface area contributed by atoms with Gasteiger partial charge in [0.1, 0.15) is 0 Å². The summed E-state index contributed by atoms with van der Waals surface area (Å²) >= 11 is 3.73. The Morgan fingerprint density at radius 1 is 1.20 bits per heavy atom. The maximum absolute atomic E-state index is 4.67. The molecule has 0 spiro atoms. The molecule has 1 saturated carbocycles. The fourth-order valence-corrected chi connectivity index (χ4v) is 3.91. The van der Waals surface area contributed by atoms with Gasteiger partial charge < -0.3 is 5.32 Å².